The average molecular weight is 300 g/mol. The van der Waals surface area contributed by atoms with Gasteiger partial charge in [-0.1, -0.05) is 41.9 Å². The summed E-state index contributed by atoms with van der Waals surface area (Å²) in [6, 6.07) is 15.4. The molecule has 0 aliphatic heterocycles. The highest BCUT2D eigenvalue weighted by Gasteiger charge is 2.10. The summed E-state index contributed by atoms with van der Waals surface area (Å²) in [5, 5.41) is 1.42. The molecule has 21 heavy (non-hydrogen) atoms. The zero-order valence-corrected chi connectivity index (χ0v) is 12.3. The average Bonchev–Trinajstić information content (AvgIpc) is 2.53. The summed E-state index contributed by atoms with van der Waals surface area (Å²) in [6.07, 6.45) is 1.67. The predicted molar refractivity (Wildman–Crippen MR) is 84.1 cm³/mol. The minimum Gasteiger partial charge on any atom is -0.496 e. The second kappa shape index (κ2) is 6.02. The van der Waals surface area contributed by atoms with E-state index in [9.17, 15) is 0 Å². The molecule has 0 aliphatic carbocycles. The number of halogens is 1. The maximum Gasteiger partial charge on any atom is 0.133 e. The highest BCUT2D eigenvalue weighted by molar-refractivity contribution is 6.35. The van der Waals surface area contributed by atoms with E-state index in [4.69, 9.17) is 21.1 Å². The van der Waals surface area contributed by atoms with Crippen LogP contribution in [0.25, 0.3) is 10.9 Å². The molecule has 3 nitrogen and oxygen atoms in total. The van der Waals surface area contributed by atoms with Gasteiger partial charge in [-0.15, -0.1) is 0 Å². The molecule has 0 bridgehead atoms. The molecule has 0 saturated carbocycles. The molecule has 1 heterocycles. The van der Waals surface area contributed by atoms with Crippen LogP contribution >= 0.6 is 11.6 Å². The molecular weight excluding hydrogens is 286 g/mol. The Morgan fingerprint density at radius 1 is 1.10 bits per heavy atom. The van der Waals surface area contributed by atoms with Gasteiger partial charge in [-0.25, -0.2) is 0 Å². The molecule has 0 radical (unpaired) electrons. The molecule has 0 amide bonds. The van der Waals surface area contributed by atoms with E-state index in [1.807, 2.05) is 42.5 Å². The molecule has 1 aromatic heterocycles. The zero-order valence-electron chi connectivity index (χ0n) is 11.5. The van der Waals surface area contributed by atoms with E-state index in [0.717, 1.165) is 16.5 Å². The van der Waals surface area contributed by atoms with Gasteiger partial charge in [-0.3, -0.25) is 4.98 Å². The monoisotopic (exact) mass is 299 g/mol. The molecule has 0 fully saturated rings. The summed E-state index contributed by atoms with van der Waals surface area (Å²) in [5.74, 6) is 1.37. The number of nitrogens with zero attached hydrogens (tertiary/aromatic N) is 1. The first-order valence-electron chi connectivity index (χ1n) is 6.57. The van der Waals surface area contributed by atoms with Crippen LogP contribution in [0.3, 0.4) is 0 Å². The minimum atomic E-state index is 0.496. The lowest BCUT2D eigenvalue weighted by molar-refractivity contribution is 0.304. The summed E-state index contributed by atoms with van der Waals surface area (Å²) < 4.78 is 11.2. The van der Waals surface area contributed by atoms with E-state index in [0.29, 0.717) is 23.1 Å². The lowest BCUT2D eigenvalue weighted by atomic mass is 10.2. The van der Waals surface area contributed by atoms with Crippen LogP contribution in [0, 0.1) is 0 Å². The van der Waals surface area contributed by atoms with Crippen molar-refractivity contribution < 1.29 is 9.47 Å². The van der Waals surface area contributed by atoms with Crippen molar-refractivity contribution in [2.45, 2.75) is 6.61 Å². The van der Waals surface area contributed by atoms with Crippen LogP contribution in [0.15, 0.2) is 54.7 Å². The van der Waals surface area contributed by atoms with Gasteiger partial charge in [0.1, 0.15) is 18.1 Å². The van der Waals surface area contributed by atoms with Gasteiger partial charge in [-0.2, -0.15) is 0 Å². The number of hydrogen-bond acceptors (Lipinski definition) is 3. The van der Waals surface area contributed by atoms with E-state index < -0.39 is 0 Å². The largest absolute Gasteiger partial charge is 0.496 e. The summed E-state index contributed by atoms with van der Waals surface area (Å²) in [4.78, 5) is 4.32. The third kappa shape index (κ3) is 2.93. The summed E-state index contributed by atoms with van der Waals surface area (Å²) in [5.41, 5.74) is 1.86. The predicted octanol–water partition coefficient (Wildman–Crippen LogP) is 4.48. The maximum absolute atomic E-state index is 6.21. The van der Waals surface area contributed by atoms with E-state index in [2.05, 4.69) is 4.98 Å². The van der Waals surface area contributed by atoms with E-state index in [1.54, 1.807) is 19.4 Å². The van der Waals surface area contributed by atoms with Crippen molar-refractivity contribution in [3.63, 3.8) is 0 Å². The van der Waals surface area contributed by atoms with E-state index in [1.165, 1.54) is 0 Å². The molecule has 0 saturated heterocycles. The summed E-state index contributed by atoms with van der Waals surface area (Å²) in [7, 11) is 1.61. The van der Waals surface area contributed by atoms with Crippen molar-refractivity contribution in [3.05, 3.63) is 65.3 Å². The molecule has 2 aromatic carbocycles. The molecule has 3 aromatic rings. The Bertz CT molecular complexity index is 759. The topological polar surface area (TPSA) is 31.4 Å². The SMILES string of the molecule is COc1cc(OCc2ccccc2)cc2nccc(Cl)c12. The first-order chi connectivity index (χ1) is 10.3. The first kappa shape index (κ1) is 13.7. The number of aromatic nitrogens is 1. The van der Waals surface area contributed by atoms with Crippen molar-refractivity contribution in [1.29, 1.82) is 0 Å². The number of rotatable bonds is 4. The third-order valence-electron chi connectivity index (χ3n) is 3.20. The van der Waals surface area contributed by atoms with Crippen molar-refractivity contribution in [2.24, 2.45) is 0 Å². The molecule has 0 N–H and O–H groups in total. The molecule has 4 heteroatoms. The van der Waals surface area contributed by atoms with Crippen LogP contribution in [0.4, 0.5) is 0 Å². The van der Waals surface area contributed by atoms with Crippen molar-refractivity contribution >= 4 is 22.5 Å². The van der Waals surface area contributed by atoms with Gasteiger partial charge in [0.2, 0.25) is 0 Å². The fourth-order valence-corrected chi connectivity index (χ4v) is 2.42. The van der Waals surface area contributed by atoms with Gasteiger partial charge in [-0.05, 0) is 11.6 Å². The van der Waals surface area contributed by atoms with Crippen LogP contribution in [0.1, 0.15) is 5.56 Å². The highest BCUT2D eigenvalue weighted by atomic mass is 35.5. The maximum atomic E-state index is 6.21. The van der Waals surface area contributed by atoms with Crippen molar-refractivity contribution in [3.8, 4) is 11.5 Å². The smallest absolute Gasteiger partial charge is 0.133 e. The molecule has 106 valence electrons. The fourth-order valence-electron chi connectivity index (χ4n) is 2.17. The minimum absolute atomic E-state index is 0.496. The number of hydrogen-bond donors (Lipinski definition) is 0. The number of methoxy groups -OCH3 is 1. The van der Waals surface area contributed by atoms with Crippen molar-refractivity contribution in [2.75, 3.05) is 7.11 Å². The molecule has 0 spiro atoms. The van der Waals surface area contributed by atoms with Crippen LogP contribution in [0.5, 0.6) is 11.5 Å². The number of pyridine rings is 1. The zero-order chi connectivity index (χ0) is 14.7. The number of fused-ring (bicyclic) bond motifs is 1. The van der Waals surface area contributed by atoms with Gasteiger partial charge in [0, 0.05) is 18.3 Å². The second-order valence-electron chi connectivity index (χ2n) is 4.59. The normalized spacial score (nSPS) is 10.6. The van der Waals surface area contributed by atoms with Gasteiger partial charge in [0.25, 0.3) is 0 Å². The quantitative estimate of drug-likeness (QED) is 0.712. The van der Waals surface area contributed by atoms with Crippen LogP contribution < -0.4 is 9.47 Å². The number of ether oxygens (including phenoxy) is 2. The first-order valence-corrected chi connectivity index (χ1v) is 6.94. The van der Waals surface area contributed by atoms with Crippen LogP contribution in [0.2, 0.25) is 5.02 Å². The van der Waals surface area contributed by atoms with E-state index >= 15 is 0 Å². The van der Waals surface area contributed by atoms with Gasteiger partial charge in [0.05, 0.1) is 23.0 Å². The summed E-state index contributed by atoms with van der Waals surface area (Å²) in [6.45, 7) is 0.496. The Balaban J connectivity index is 1.93. The molecule has 0 aliphatic rings. The molecule has 0 unspecified atom stereocenters. The van der Waals surface area contributed by atoms with Crippen LogP contribution in [-0.2, 0) is 6.61 Å². The highest BCUT2D eigenvalue weighted by Crippen LogP contribution is 2.34. The Kier molecular flexibility index (Phi) is 3.93. The molecular formula is C17H14ClNO2. The Morgan fingerprint density at radius 2 is 1.90 bits per heavy atom. The lowest BCUT2D eigenvalue weighted by Crippen LogP contribution is -1.96. The van der Waals surface area contributed by atoms with Gasteiger partial charge < -0.3 is 9.47 Å². The second-order valence-corrected chi connectivity index (χ2v) is 4.99. The summed E-state index contributed by atoms with van der Waals surface area (Å²) >= 11 is 6.21. The third-order valence-corrected chi connectivity index (χ3v) is 3.51. The standard InChI is InChI=1S/C17H14ClNO2/c1-20-16-10-13(21-11-12-5-3-2-4-6-12)9-15-17(16)14(18)7-8-19-15/h2-10H,11H2,1H3. The fraction of sp³-hybridized carbons (Fsp3) is 0.118. The van der Waals surface area contributed by atoms with E-state index in [-0.39, 0.29) is 0 Å². The molecule has 0 atom stereocenters. The Morgan fingerprint density at radius 3 is 2.67 bits per heavy atom. The Hall–Kier alpha value is -2.26. The van der Waals surface area contributed by atoms with Gasteiger partial charge >= 0.3 is 0 Å². The van der Waals surface area contributed by atoms with Crippen molar-refractivity contribution in [1.82, 2.24) is 4.98 Å². The van der Waals surface area contributed by atoms with Crippen LogP contribution in [-0.4, -0.2) is 12.1 Å². The van der Waals surface area contributed by atoms with Gasteiger partial charge in [0.15, 0.2) is 0 Å². The lowest BCUT2D eigenvalue weighted by Gasteiger charge is -2.11. The molecule has 3 rings (SSSR count). The Labute approximate surface area is 128 Å². The number of benzene rings is 2.